The Balaban J connectivity index is 2.50. The second-order valence-corrected chi connectivity index (χ2v) is 4.18. The molecule has 0 amide bonds. The molecule has 0 fully saturated rings. The van der Waals surface area contributed by atoms with Crippen LogP contribution in [-0.2, 0) is 0 Å². The van der Waals surface area contributed by atoms with Gasteiger partial charge in [0, 0.05) is 18.0 Å². The molecule has 1 atom stereocenters. The minimum atomic E-state index is -0.125. The Morgan fingerprint density at radius 2 is 1.85 bits per heavy atom. The van der Waals surface area contributed by atoms with E-state index in [4.69, 9.17) is 9.47 Å². The maximum Gasteiger partial charge on any atom is 0.237 e. The molecule has 1 unspecified atom stereocenters. The van der Waals surface area contributed by atoms with Crippen LogP contribution >= 0.6 is 0 Å². The molecule has 2 aromatic rings. The highest BCUT2D eigenvalue weighted by atomic mass is 16.5. The number of nitrogens with zero attached hydrogens (tertiary/aromatic N) is 2. The third-order valence-electron chi connectivity index (χ3n) is 3.02. The van der Waals surface area contributed by atoms with Gasteiger partial charge in [0.15, 0.2) is 0 Å². The van der Waals surface area contributed by atoms with E-state index in [-0.39, 0.29) is 6.04 Å². The Bertz CT molecular complexity index is 513. The minimum Gasteiger partial charge on any atom is -0.496 e. The molecule has 20 heavy (non-hydrogen) atoms. The number of benzene rings is 1. The van der Waals surface area contributed by atoms with Crippen molar-refractivity contribution in [1.29, 1.82) is 0 Å². The second kappa shape index (κ2) is 6.86. The van der Waals surface area contributed by atoms with Gasteiger partial charge in [0.25, 0.3) is 0 Å². The fourth-order valence-electron chi connectivity index (χ4n) is 2.15. The summed E-state index contributed by atoms with van der Waals surface area (Å²) in [5.74, 6) is 1.33. The van der Waals surface area contributed by atoms with Gasteiger partial charge in [-0.25, -0.2) is 4.98 Å². The van der Waals surface area contributed by atoms with Crippen molar-refractivity contribution < 1.29 is 9.47 Å². The molecule has 0 saturated heterocycles. The fourth-order valence-corrected chi connectivity index (χ4v) is 2.15. The van der Waals surface area contributed by atoms with Crippen LogP contribution in [0.3, 0.4) is 0 Å². The van der Waals surface area contributed by atoms with E-state index < -0.39 is 0 Å². The van der Waals surface area contributed by atoms with Gasteiger partial charge in [-0.3, -0.25) is 4.98 Å². The first-order valence-corrected chi connectivity index (χ1v) is 6.53. The van der Waals surface area contributed by atoms with E-state index in [1.165, 1.54) is 0 Å². The molecule has 0 aliphatic heterocycles. The lowest BCUT2D eigenvalue weighted by Gasteiger charge is -2.21. The average Bonchev–Trinajstić information content (AvgIpc) is 2.52. The summed E-state index contributed by atoms with van der Waals surface area (Å²) in [6.45, 7) is 2.84. The van der Waals surface area contributed by atoms with Gasteiger partial charge in [-0.05, 0) is 12.6 Å². The van der Waals surface area contributed by atoms with Crippen molar-refractivity contribution in [3.8, 4) is 11.6 Å². The monoisotopic (exact) mass is 273 g/mol. The first-order chi connectivity index (χ1) is 9.81. The summed E-state index contributed by atoms with van der Waals surface area (Å²) in [4.78, 5) is 8.63. The normalized spacial score (nSPS) is 11.9. The Labute approximate surface area is 119 Å². The number of nitrogens with one attached hydrogen (secondary N) is 1. The first-order valence-electron chi connectivity index (χ1n) is 6.53. The molecule has 0 bridgehead atoms. The lowest BCUT2D eigenvalue weighted by molar-refractivity contribution is 0.378. The van der Waals surface area contributed by atoms with Gasteiger partial charge in [0.2, 0.25) is 5.88 Å². The van der Waals surface area contributed by atoms with Crippen LogP contribution in [0.1, 0.15) is 24.2 Å². The number of rotatable bonds is 6. The standard InChI is InChI=1S/C15H19N3O2/c1-4-16-13(11-7-5-6-8-12(11)19-2)14-15(20-3)18-10-9-17-14/h5-10,13,16H,4H2,1-3H3. The summed E-state index contributed by atoms with van der Waals surface area (Å²) in [6.07, 6.45) is 3.28. The molecule has 106 valence electrons. The topological polar surface area (TPSA) is 56.3 Å². The summed E-state index contributed by atoms with van der Waals surface area (Å²) >= 11 is 0. The molecule has 1 aromatic heterocycles. The van der Waals surface area contributed by atoms with Gasteiger partial charge in [0.05, 0.1) is 20.3 Å². The molecule has 0 radical (unpaired) electrons. The summed E-state index contributed by atoms with van der Waals surface area (Å²) in [6, 6.07) is 7.74. The number of para-hydroxylation sites is 1. The number of methoxy groups -OCH3 is 2. The maximum absolute atomic E-state index is 5.44. The maximum atomic E-state index is 5.44. The third kappa shape index (κ3) is 2.88. The van der Waals surface area contributed by atoms with Gasteiger partial charge < -0.3 is 14.8 Å². The number of hydrogen-bond acceptors (Lipinski definition) is 5. The summed E-state index contributed by atoms with van der Waals surface area (Å²) in [5.41, 5.74) is 1.76. The van der Waals surface area contributed by atoms with Gasteiger partial charge in [0.1, 0.15) is 11.4 Å². The van der Waals surface area contributed by atoms with Crippen LogP contribution in [0, 0.1) is 0 Å². The first kappa shape index (κ1) is 14.3. The Hall–Kier alpha value is -2.14. The highest BCUT2D eigenvalue weighted by Crippen LogP contribution is 2.32. The predicted octanol–water partition coefficient (Wildman–Crippen LogP) is 2.19. The molecule has 1 aromatic carbocycles. The molecule has 1 heterocycles. The zero-order chi connectivity index (χ0) is 14.4. The van der Waals surface area contributed by atoms with Crippen LogP contribution in [0.2, 0.25) is 0 Å². The number of hydrogen-bond donors (Lipinski definition) is 1. The van der Waals surface area contributed by atoms with Crippen molar-refractivity contribution in [2.45, 2.75) is 13.0 Å². The van der Waals surface area contributed by atoms with Crippen LogP contribution in [0.25, 0.3) is 0 Å². The Morgan fingerprint density at radius 1 is 1.10 bits per heavy atom. The molecule has 0 aliphatic rings. The Kier molecular flexibility index (Phi) is 4.90. The lowest BCUT2D eigenvalue weighted by Crippen LogP contribution is -2.24. The summed E-state index contributed by atoms with van der Waals surface area (Å²) in [5, 5.41) is 3.40. The zero-order valence-corrected chi connectivity index (χ0v) is 12.0. The van der Waals surface area contributed by atoms with Gasteiger partial charge in [-0.15, -0.1) is 0 Å². The van der Waals surface area contributed by atoms with Gasteiger partial charge >= 0.3 is 0 Å². The van der Waals surface area contributed by atoms with E-state index in [0.717, 1.165) is 23.6 Å². The van der Waals surface area contributed by atoms with E-state index >= 15 is 0 Å². The lowest BCUT2D eigenvalue weighted by atomic mass is 10.0. The second-order valence-electron chi connectivity index (χ2n) is 4.18. The molecular weight excluding hydrogens is 254 g/mol. The quantitative estimate of drug-likeness (QED) is 0.874. The van der Waals surface area contributed by atoms with Gasteiger partial charge in [-0.1, -0.05) is 25.1 Å². The van der Waals surface area contributed by atoms with Crippen LogP contribution in [0.15, 0.2) is 36.7 Å². The summed E-state index contributed by atoms with van der Waals surface area (Å²) < 4.78 is 10.8. The molecule has 0 aliphatic carbocycles. The van der Waals surface area contributed by atoms with Crippen molar-refractivity contribution in [2.24, 2.45) is 0 Å². The third-order valence-corrected chi connectivity index (χ3v) is 3.02. The fraction of sp³-hybridized carbons (Fsp3) is 0.333. The number of ether oxygens (including phenoxy) is 2. The minimum absolute atomic E-state index is 0.125. The van der Waals surface area contributed by atoms with Crippen molar-refractivity contribution in [2.75, 3.05) is 20.8 Å². The molecule has 0 saturated carbocycles. The van der Waals surface area contributed by atoms with Crippen molar-refractivity contribution in [1.82, 2.24) is 15.3 Å². The van der Waals surface area contributed by atoms with Crippen LogP contribution < -0.4 is 14.8 Å². The molecule has 1 N–H and O–H groups in total. The molecule has 0 spiro atoms. The predicted molar refractivity (Wildman–Crippen MR) is 77.1 cm³/mol. The van der Waals surface area contributed by atoms with Crippen molar-refractivity contribution in [3.05, 3.63) is 47.9 Å². The van der Waals surface area contributed by atoms with Crippen molar-refractivity contribution >= 4 is 0 Å². The zero-order valence-electron chi connectivity index (χ0n) is 12.0. The molecular formula is C15H19N3O2. The largest absolute Gasteiger partial charge is 0.496 e. The Morgan fingerprint density at radius 3 is 2.55 bits per heavy atom. The molecule has 2 rings (SSSR count). The van der Waals surface area contributed by atoms with Crippen LogP contribution in [-0.4, -0.2) is 30.7 Å². The SMILES string of the molecule is CCNC(c1ccccc1OC)c1nccnc1OC. The average molecular weight is 273 g/mol. The van der Waals surface area contributed by atoms with Gasteiger partial charge in [-0.2, -0.15) is 0 Å². The van der Waals surface area contributed by atoms with E-state index in [0.29, 0.717) is 5.88 Å². The van der Waals surface area contributed by atoms with E-state index in [9.17, 15) is 0 Å². The number of aromatic nitrogens is 2. The van der Waals surface area contributed by atoms with E-state index in [2.05, 4.69) is 15.3 Å². The van der Waals surface area contributed by atoms with Crippen LogP contribution in [0.4, 0.5) is 0 Å². The highest BCUT2D eigenvalue weighted by Gasteiger charge is 2.22. The highest BCUT2D eigenvalue weighted by molar-refractivity contribution is 5.42. The summed E-state index contributed by atoms with van der Waals surface area (Å²) in [7, 11) is 3.26. The molecule has 5 heteroatoms. The van der Waals surface area contributed by atoms with Crippen LogP contribution in [0.5, 0.6) is 11.6 Å². The smallest absolute Gasteiger partial charge is 0.237 e. The van der Waals surface area contributed by atoms with E-state index in [1.54, 1.807) is 26.6 Å². The van der Waals surface area contributed by atoms with E-state index in [1.807, 2.05) is 31.2 Å². The molecule has 5 nitrogen and oxygen atoms in total. The van der Waals surface area contributed by atoms with Crippen molar-refractivity contribution in [3.63, 3.8) is 0 Å².